The third-order valence-corrected chi connectivity index (χ3v) is 2.69. The lowest BCUT2D eigenvalue weighted by molar-refractivity contribution is 0.565. The first kappa shape index (κ1) is 8.50. The highest BCUT2D eigenvalue weighted by molar-refractivity contribution is 5.38. The van der Waals surface area contributed by atoms with Gasteiger partial charge in [-0.1, -0.05) is 12.1 Å². The number of hydrogen-bond acceptors (Lipinski definition) is 4. The minimum absolute atomic E-state index is 0.273. The highest BCUT2D eigenvalue weighted by atomic mass is 15.5. The molecule has 0 radical (unpaired) electrons. The second-order valence-corrected chi connectivity index (χ2v) is 3.76. The number of anilines is 1. The van der Waals surface area contributed by atoms with Crippen molar-refractivity contribution < 1.29 is 0 Å². The van der Waals surface area contributed by atoms with Crippen LogP contribution in [-0.2, 0) is 7.05 Å². The van der Waals surface area contributed by atoms with E-state index in [9.17, 15) is 0 Å². The smallest absolute Gasteiger partial charge is 0.147 e. The Morgan fingerprint density at radius 3 is 2.77 bits per heavy atom. The van der Waals surface area contributed by atoms with Crippen LogP contribution in [0.5, 0.6) is 0 Å². The fourth-order valence-corrected chi connectivity index (χ4v) is 1.75. The summed E-state index contributed by atoms with van der Waals surface area (Å²) in [5, 5.41) is 7.74. The Hall–Kier alpha value is -1.10. The maximum absolute atomic E-state index is 5.93. The molecule has 2 heterocycles. The summed E-state index contributed by atoms with van der Waals surface area (Å²) in [4.78, 5) is 2.23. The summed E-state index contributed by atoms with van der Waals surface area (Å²) in [6, 6.07) is 0.273. The number of hydrogen-bond donors (Lipinski definition) is 1. The van der Waals surface area contributed by atoms with Gasteiger partial charge in [0, 0.05) is 26.2 Å². The highest BCUT2D eigenvalue weighted by Gasteiger charge is 2.28. The fraction of sp³-hybridized carbons (Fsp3) is 0.750. The molecule has 2 rings (SSSR count). The molecule has 0 amide bonds. The molecular weight excluding hydrogens is 166 g/mol. The third-order valence-electron chi connectivity index (χ3n) is 2.69. The van der Waals surface area contributed by atoms with Crippen LogP contribution in [0.4, 0.5) is 5.82 Å². The average Bonchev–Trinajstić information content (AvgIpc) is 2.60. The van der Waals surface area contributed by atoms with Gasteiger partial charge in [-0.25, -0.2) is 4.68 Å². The number of nitrogens with zero attached hydrogens (tertiary/aromatic N) is 4. The summed E-state index contributed by atoms with van der Waals surface area (Å²) in [7, 11) is 1.90. The summed E-state index contributed by atoms with van der Waals surface area (Å²) in [6.07, 6.45) is 1.78. The second kappa shape index (κ2) is 2.99. The molecule has 72 valence electrons. The molecule has 13 heavy (non-hydrogen) atoms. The highest BCUT2D eigenvalue weighted by Crippen LogP contribution is 2.20. The van der Waals surface area contributed by atoms with E-state index in [-0.39, 0.29) is 6.04 Å². The van der Waals surface area contributed by atoms with E-state index in [0.717, 1.165) is 18.9 Å². The fourth-order valence-electron chi connectivity index (χ4n) is 1.75. The maximum Gasteiger partial charge on any atom is 0.147 e. The first-order valence-electron chi connectivity index (χ1n) is 4.53. The van der Waals surface area contributed by atoms with Gasteiger partial charge in [0.1, 0.15) is 5.82 Å². The SMILES string of the molecule is CC1CN(c2cnnn2C)CC1N. The predicted molar refractivity (Wildman–Crippen MR) is 50.4 cm³/mol. The first-order valence-corrected chi connectivity index (χ1v) is 4.53. The largest absolute Gasteiger partial charge is 0.354 e. The van der Waals surface area contributed by atoms with Gasteiger partial charge >= 0.3 is 0 Å². The standard InChI is InChI=1S/C8H15N5/c1-6-4-13(5-7(6)9)8-3-10-11-12(8)2/h3,6-7H,4-5,9H2,1-2H3. The van der Waals surface area contributed by atoms with Crippen molar-refractivity contribution in [2.24, 2.45) is 18.7 Å². The molecule has 5 heteroatoms. The number of aryl methyl sites for hydroxylation is 1. The molecule has 0 saturated carbocycles. The molecule has 0 bridgehead atoms. The summed E-state index contributed by atoms with van der Waals surface area (Å²) in [5.74, 6) is 1.61. The molecule has 5 nitrogen and oxygen atoms in total. The minimum atomic E-state index is 0.273. The van der Waals surface area contributed by atoms with E-state index in [2.05, 4.69) is 22.1 Å². The minimum Gasteiger partial charge on any atom is -0.354 e. The van der Waals surface area contributed by atoms with Crippen molar-refractivity contribution >= 4 is 5.82 Å². The van der Waals surface area contributed by atoms with Crippen LogP contribution >= 0.6 is 0 Å². The van der Waals surface area contributed by atoms with Crippen LogP contribution in [0.2, 0.25) is 0 Å². The molecule has 1 saturated heterocycles. The third kappa shape index (κ3) is 1.39. The predicted octanol–water partition coefficient (Wildman–Crippen LogP) is -0.401. The van der Waals surface area contributed by atoms with E-state index in [1.807, 2.05) is 7.05 Å². The van der Waals surface area contributed by atoms with E-state index in [0.29, 0.717) is 5.92 Å². The molecule has 0 aliphatic carbocycles. The van der Waals surface area contributed by atoms with E-state index < -0.39 is 0 Å². The zero-order valence-corrected chi connectivity index (χ0v) is 8.01. The monoisotopic (exact) mass is 181 g/mol. The lowest BCUT2D eigenvalue weighted by Gasteiger charge is -2.16. The molecule has 0 aromatic carbocycles. The van der Waals surface area contributed by atoms with Crippen molar-refractivity contribution in [3.63, 3.8) is 0 Å². The van der Waals surface area contributed by atoms with Crippen molar-refractivity contribution in [3.05, 3.63) is 6.20 Å². The van der Waals surface area contributed by atoms with Crippen molar-refractivity contribution in [2.45, 2.75) is 13.0 Å². The molecular formula is C8H15N5. The molecule has 1 aromatic rings. The van der Waals surface area contributed by atoms with Gasteiger partial charge < -0.3 is 10.6 Å². The van der Waals surface area contributed by atoms with Gasteiger partial charge in [0.25, 0.3) is 0 Å². The molecule has 1 aliphatic heterocycles. The van der Waals surface area contributed by atoms with Gasteiger partial charge in [0.2, 0.25) is 0 Å². The van der Waals surface area contributed by atoms with Crippen LogP contribution in [0, 0.1) is 5.92 Å². The van der Waals surface area contributed by atoms with Gasteiger partial charge in [-0.15, -0.1) is 5.10 Å². The van der Waals surface area contributed by atoms with E-state index in [4.69, 9.17) is 5.73 Å². The molecule has 1 aromatic heterocycles. The number of nitrogens with two attached hydrogens (primary N) is 1. The van der Waals surface area contributed by atoms with E-state index in [1.165, 1.54) is 0 Å². The van der Waals surface area contributed by atoms with Crippen LogP contribution in [0.3, 0.4) is 0 Å². The summed E-state index contributed by atoms with van der Waals surface area (Å²) in [5.41, 5.74) is 5.93. The summed E-state index contributed by atoms with van der Waals surface area (Å²) in [6.45, 7) is 4.08. The van der Waals surface area contributed by atoms with Crippen molar-refractivity contribution in [1.29, 1.82) is 0 Å². The lowest BCUT2D eigenvalue weighted by atomic mass is 10.1. The zero-order valence-electron chi connectivity index (χ0n) is 8.01. The number of rotatable bonds is 1. The normalized spacial score (nSPS) is 28.4. The van der Waals surface area contributed by atoms with Crippen molar-refractivity contribution in [3.8, 4) is 0 Å². The van der Waals surface area contributed by atoms with Crippen LogP contribution < -0.4 is 10.6 Å². The second-order valence-electron chi connectivity index (χ2n) is 3.76. The zero-order chi connectivity index (χ0) is 9.42. The maximum atomic E-state index is 5.93. The lowest BCUT2D eigenvalue weighted by Crippen LogP contribution is -2.29. The molecule has 0 spiro atoms. The summed E-state index contributed by atoms with van der Waals surface area (Å²) >= 11 is 0. The summed E-state index contributed by atoms with van der Waals surface area (Å²) < 4.78 is 1.78. The molecule has 2 unspecified atom stereocenters. The van der Waals surface area contributed by atoms with Crippen molar-refractivity contribution in [2.75, 3.05) is 18.0 Å². The average molecular weight is 181 g/mol. The van der Waals surface area contributed by atoms with Crippen LogP contribution in [0.15, 0.2) is 6.20 Å². The number of aromatic nitrogens is 3. The Labute approximate surface area is 77.5 Å². The van der Waals surface area contributed by atoms with E-state index >= 15 is 0 Å². The Morgan fingerprint density at radius 1 is 1.54 bits per heavy atom. The Balaban J connectivity index is 2.16. The van der Waals surface area contributed by atoms with Gasteiger partial charge in [-0.2, -0.15) is 0 Å². The van der Waals surface area contributed by atoms with Gasteiger partial charge in [0.05, 0.1) is 6.20 Å². The Bertz CT molecular complexity index is 284. The van der Waals surface area contributed by atoms with Crippen LogP contribution in [-0.4, -0.2) is 34.1 Å². The van der Waals surface area contributed by atoms with E-state index in [1.54, 1.807) is 10.9 Å². The van der Waals surface area contributed by atoms with Crippen molar-refractivity contribution in [1.82, 2.24) is 15.0 Å². The topological polar surface area (TPSA) is 60.0 Å². The molecule has 2 N–H and O–H groups in total. The van der Waals surface area contributed by atoms with Gasteiger partial charge in [-0.05, 0) is 5.92 Å². The van der Waals surface area contributed by atoms with Crippen LogP contribution in [0.1, 0.15) is 6.92 Å². The molecule has 1 fully saturated rings. The Morgan fingerprint density at radius 2 is 2.31 bits per heavy atom. The quantitative estimate of drug-likeness (QED) is 0.640. The van der Waals surface area contributed by atoms with Gasteiger partial charge in [0.15, 0.2) is 0 Å². The Kier molecular flexibility index (Phi) is 1.95. The van der Waals surface area contributed by atoms with Crippen LogP contribution in [0.25, 0.3) is 0 Å². The van der Waals surface area contributed by atoms with Gasteiger partial charge in [-0.3, -0.25) is 0 Å². The molecule has 1 aliphatic rings. The molecule has 2 atom stereocenters. The first-order chi connectivity index (χ1) is 6.18.